The van der Waals surface area contributed by atoms with E-state index in [0.29, 0.717) is 37.4 Å². The van der Waals surface area contributed by atoms with Gasteiger partial charge in [0.2, 0.25) is 5.91 Å². The first-order chi connectivity index (χ1) is 17.0. The number of carbonyl (C=O) groups excluding carboxylic acids is 2. The molecule has 2 fully saturated rings. The fourth-order valence-electron chi connectivity index (χ4n) is 5.38. The normalized spacial score (nSPS) is 25.1. The number of amides is 1. The second-order valence-electron chi connectivity index (χ2n) is 9.89. The van der Waals surface area contributed by atoms with Crippen molar-refractivity contribution in [3.8, 4) is 0 Å². The summed E-state index contributed by atoms with van der Waals surface area (Å²) in [7, 11) is 3.40. The molecule has 1 aliphatic heterocycles. The van der Waals surface area contributed by atoms with E-state index in [4.69, 9.17) is 4.74 Å². The molecule has 0 spiro atoms. The molecule has 1 aromatic carbocycles. The maximum atomic E-state index is 13.4. The van der Waals surface area contributed by atoms with Crippen LogP contribution in [0.3, 0.4) is 0 Å². The Kier molecular flexibility index (Phi) is 7.40. The van der Waals surface area contributed by atoms with Crippen molar-refractivity contribution in [2.24, 2.45) is 5.92 Å². The predicted molar refractivity (Wildman–Crippen MR) is 128 cm³/mol. The Balaban J connectivity index is 1.53. The summed E-state index contributed by atoms with van der Waals surface area (Å²) in [5.74, 6) is -0.777. The monoisotopic (exact) mass is 507 g/mol. The van der Waals surface area contributed by atoms with Crippen molar-refractivity contribution in [3.63, 3.8) is 0 Å². The third kappa shape index (κ3) is 5.11. The van der Waals surface area contributed by atoms with Gasteiger partial charge in [0, 0.05) is 30.1 Å². The molecule has 1 aliphatic carbocycles. The van der Waals surface area contributed by atoms with Crippen LogP contribution < -0.4 is 5.32 Å². The summed E-state index contributed by atoms with van der Waals surface area (Å²) in [4.78, 5) is 38.3. The maximum Gasteiger partial charge on any atom is 0.416 e. The van der Waals surface area contributed by atoms with E-state index < -0.39 is 23.7 Å². The molecule has 2 heterocycles. The lowest BCUT2D eigenvalue weighted by Gasteiger charge is -2.43. The molecule has 0 radical (unpaired) electrons. The number of ether oxygens (including phenoxy) is 1. The van der Waals surface area contributed by atoms with Gasteiger partial charge < -0.3 is 19.9 Å². The molecular weight excluding hydrogens is 475 g/mol. The Hall–Kier alpha value is -2.95. The average Bonchev–Trinajstić information content (AvgIpc) is 3.21. The molecule has 4 atom stereocenters. The summed E-state index contributed by atoms with van der Waals surface area (Å²) in [5.41, 5.74) is -0.461. The molecule has 8 nitrogen and oxygen atoms in total. The van der Waals surface area contributed by atoms with Gasteiger partial charge in [0.1, 0.15) is 18.2 Å². The highest BCUT2D eigenvalue weighted by molar-refractivity contribution is 5.93. The number of alkyl halides is 3. The van der Waals surface area contributed by atoms with Crippen LogP contribution in [-0.4, -0.2) is 76.5 Å². The molecule has 4 rings (SSSR count). The number of fused-ring (bicyclic) bond motifs is 1. The summed E-state index contributed by atoms with van der Waals surface area (Å²) >= 11 is 0. The first kappa shape index (κ1) is 26.1. The molecule has 1 aromatic heterocycles. The summed E-state index contributed by atoms with van der Waals surface area (Å²) in [6, 6.07) is 2.86. The molecule has 0 unspecified atom stereocenters. The molecule has 11 heteroatoms. The highest BCUT2D eigenvalue weighted by Gasteiger charge is 2.45. The van der Waals surface area contributed by atoms with Crippen molar-refractivity contribution in [2.75, 3.05) is 26.0 Å². The topological polar surface area (TPSA) is 87.7 Å². The SMILES string of the molecule is COC(=O)[C@@H]1C[C@H](N(C)C(C)C)CC[C@@H]1N1CC[C@H](Nc2ncnc3ccc(C(F)(F)F)cc23)C1=O. The van der Waals surface area contributed by atoms with Gasteiger partial charge in [-0.1, -0.05) is 0 Å². The van der Waals surface area contributed by atoms with Gasteiger partial charge in [0.05, 0.1) is 24.1 Å². The van der Waals surface area contributed by atoms with E-state index in [-0.39, 0.29) is 35.2 Å². The van der Waals surface area contributed by atoms with Gasteiger partial charge in [-0.2, -0.15) is 13.2 Å². The van der Waals surface area contributed by atoms with E-state index in [0.717, 1.165) is 18.6 Å². The van der Waals surface area contributed by atoms with Crippen LogP contribution in [0, 0.1) is 5.92 Å². The fraction of sp³-hybridized carbons (Fsp3) is 0.600. The van der Waals surface area contributed by atoms with Crippen LogP contribution in [0.2, 0.25) is 0 Å². The van der Waals surface area contributed by atoms with Crippen molar-refractivity contribution < 1.29 is 27.5 Å². The lowest BCUT2D eigenvalue weighted by atomic mass is 9.80. The fourth-order valence-corrected chi connectivity index (χ4v) is 5.38. The van der Waals surface area contributed by atoms with Gasteiger partial charge >= 0.3 is 12.1 Å². The third-order valence-electron chi connectivity index (χ3n) is 7.59. The minimum absolute atomic E-state index is 0.179. The summed E-state index contributed by atoms with van der Waals surface area (Å²) < 4.78 is 44.9. The zero-order valence-electron chi connectivity index (χ0n) is 20.9. The number of hydrogen-bond donors (Lipinski definition) is 1. The number of esters is 1. The minimum atomic E-state index is -4.51. The number of hydrogen-bond acceptors (Lipinski definition) is 7. The zero-order valence-corrected chi connectivity index (χ0v) is 20.9. The Morgan fingerprint density at radius 1 is 1.22 bits per heavy atom. The molecule has 196 valence electrons. The van der Waals surface area contributed by atoms with Crippen molar-refractivity contribution in [1.29, 1.82) is 0 Å². The Labute approximate surface area is 208 Å². The number of methoxy groups -OCH3 is 1. The maximum absolute atomic E-state index is 13.4. The van der Waals surface area contributed by atoms with E-state index in [1.165, 1.54) is 19.5 Å². The Bertz CT molecular complexity index is 1130. The number of carbonyl (C=O) groups is 2. The largest absolute Gasteiger partial charge is 0.469 e. The smallest absolute Gasteiger partial charge is 0.416 e. The van der Waals surface area contributed by atoms with Gasteiger partial charge in [-0.3, -0.25) is 9.59 Å². The first-order valence-electron chi connectivity index (χ1n) is 12.2. The zero-order chi connectivity index (χ0) is 26.2. The van der Waals surface area contributed by atoms with Gasteiger partial charge in [0.25, 0.3) is 0 Å². The highest BCUT2D eigenvalue weighted by atomic mass is 19.4. The Morgan fingerprint density at radius 3 is 2.64 bits per heavy atom. The number of likely N-dealkylation sites (tertiary alicyclic amines) is 1. The third-order valence-corrected chi connectivity index (χ3v) is 7.59. The molecule has 0 bridgehead atoms. The van der Waals surface area contributed by atoms with Crippen molar-refractivity contribution in [3.05, 3.63) is 30.1 Å². The highest BCUT2D eigenvalue weighted by Crippen LogP contribution is 2.36. The number of nitrogens with one attached hydrogen (secondary N) is 1. The minimum Gasteiger partial charge on any atom is -0.469 e. The van der Waals surface area contributed by atoms with Gasteiger partial charge in [-0.05, 0) is 64.8 Å². The number of anilines is 1. The van der Waals surface area contributed by atoms with Gasteiger partial charge in [-0.25, -0.2) is 9.97 Å². The van der Waals surface area contributed by atoms with Crippen molar-refractivity contribution in [1.82, 2.24) is 19.8 Å². The van der Waals surface area contributed by atoms with Crippen molar-refractivity contribution >= 4 is 28.6 Å². The van der Waals surface area contributed by atoms with E-state index in [9.17, 15) is 22.8 Å². The molecule has 36 heavy (non-hydrogen) atoms. The van der Waals surface area contributed by atoms with Gasteiger partial charge in [-0.15, -0.1) is 0 Å². The van der Waals surface area contributed by atoms with E-state index in [1.807, 2.05) is 7.05 Å². The van der Waals surface area contributed by atoms with E-state index in [2.05, 4.69) is 34.0 Å². The molecule has 1 saturated heterocycles. The van der Waals surface area contributed by atoms with Crippen LogP contribution in [0.25, 0.3) is 10.9 Å². The molecular formula is C25H32F3N5O3. The second-order valence-corrected chi connectivity index (χ2v) is 9.89. The number of halogens is 3. The van der Waals surface area contributed by atoms with Crippen LogP contribution >= 0.6 is 0 Å². The number of benzene rings is 1. The summed E-state index contributed by atoms with van der Waals surface area (Å²) in [6.07, 6.45) is -0.675. The van der Waals surface area contributed by atoms with Crippen LogP contribution in [0.1, 0.15) is 45.1 Å². The molecule has 1 N–H and O–H groups in total. The molecule has 1 saturated carbocycles. The lowest BCUT2D eigenvalue weighted by Crippen LogP contribution is -2.53. The van der Waals surface area contributed by atoms with E-state index in [1.54, 1.807) is 4.90 Å². The van der Waals surface area contributed by atoms with Crippen LogP contribution in [0.15, 0.2) is 24.5 Å². The van der Waals surface area contributed by atoms with E-state index >= 15 is 0 Å². The second kappa shape index (κ2) is 10.2. The molecule has 2 aliphatic rings. The first-order valence-corrected chi connectivity index (χ1v) is 12.2. The predicted octanol–water partition coefficient (Wildman–Crippen LogP) is 3.71. The molecule has 2 aromatic rings. The molecule has 1 amide bonds. The van der Waals surface area contributed by atoms with Crippen LogP contribution in [0.4, 0.5) is 19.0 Å². The number of aromatic nitrogens is 2. The lowest BCUT2D eigenvalue weighted by molar-refractivity contribution is -0.152. The van der Waals surface area contributed by atoms with Crippen LogP contribution in [-0.2, 0) is 20.5 Å². The number of rotatable bonds is 6. The van der Waals surface area contributed by atoms with Crippen LogP contribution in [0.5, 0.6) is 0 Å². The quantitative estimate of drug-likeness (QED) is 0.597. The average molecular weight is 508 g/mol. The number of nitrogens with zero attached hydrogens (tertiary/aromatic N) is 4. The Morgan fingerprint density at radius 2 is 1.97 bits per heavy atom. The van der Waals surface area contributed by atoms with Crippen molar-refractivity contribution in [2.45, 2.75) is 69.9 Å². The van der Waals surface area contributed by atoms with Gasteiger partial charge in [0.15, 0.2) is 0 Å². The summed E-state index contributed by atoms with van der Waals surface area (Å²) in [6.45, 7) is 4.65. The summed E-state index contributed by atoms with van der Waals surface area (Å²) in [5, 5.41) is 3.24. The standard InChI is InChI=1S/C25H32F3N5O3/c1-14(2)32(3)16-6-8-21(18(12-16)24(35)36-4)33-10-9-20(23(33)34)31-22-17-11-15(25(26,27)28)5-7-19(17)29-13-30-22/h5,7,11,13-14,16,18,20-21H,6,8-10,12H2,1-4H3,(H,29,30,31)/t16-,18-,20+,21+/m1/s1.